The molecular formula is C30H31N5O4. The topological polar surface area (TPSA) is 120 Å². The molecule has 0 aromatic heterocycles. The van der Waals surface area contributed by atoms with Crippen molar-refractivity contribution in [1.29, 1.82) is 0 Å². The predicted octanol–water partition coefficient (Wildman–Crippen LogP) is 2.31. The summed E-state index contributed by atoms with van der Waals surface area (Å²) in [5, 5.41) is 11.9. The molecule has 2 aliphatic heterocycles. The van der Waals surface area contributed by atoms with E-state index in [2.05, 4.69) is 21.3 Å². The Labute approximate surface area is 227 Å². The van der Waals surface area contributed by atoms with Gasteiger partial charge in [0.15, 0.2) is 0 Å². The highest BCUT2D eigenvalue weighted by Gasteiger charge is 2.41. The molecule has 4 amide bonds. The maximum atomic E-state index is 14.1. The van der Waals surface area contributed by atoms with Gasteiger partial charge in [-0.15, -0.1) is 0 Å². The number of nitrogens with zero attached hydrogens (tertiary/aromatic N) is 1. The van der Waals surface area contributed by atoms with E-state index in [0.717, 1.165) is 11.1 Å². The molecule has 200 valence electrons. The van der Waals surface area contributed by atoms with Gasteiger partial charge in [-0.1, -0.05) is 72.8 Å². The molecule has 2 heterocycles. The number of carbonyl (C=O) groups is 4. The number of para-hydroxylation sites is 2. The van der Waals surface area contributed by atoms with Gasteiger partial charge >= 0.3 is 0 Å². The second-order valence-electron chi connectivity index (χ2n) is 9.70. The average molecular weight is 526 g/mol. The molecule has 2 aliphatic rings. The van der Waals surface area contributed by atoms with Crippen LogP contribution in [-0.4, -0.2) is 48.8 Å². The molecule has 3 aromatic rings. The van der Waals surface area contributed by atoms with Crippen molar-refractivity contribution in [2.75, 3.05) is 23.3 Å². The molecule has 1 fully saturated rings. The summed E-state index contributed by atoms with van der Waals surface area (Å²) in [4.78, 5) is 53.5. The summed E-state index contributed by atoms with van der Waals surface area (Å²) in [6.07, 6.45) is 1.29. The molecule has 3 atom stereocenters. The Hall–Kier alpha value is -4.66. The number of benzene rings is 3. The van der Waals surface area contributed by atoms with E-state index in [9.17, 15) is 19.2 Å². The molecule has 39 heavy (non-hydrogen) atoms. The first-order valence-electron chi connectivity index (χ1n) is 13.1. The third kappa shape index (κ3) is 6.09. The summed E-state index contributed by atoms with van der Waals surface area (Å²) in [5.74, 6) is -1.35. The van der Waals surface area contributed by atoms with E-state index >= 15 is 0 Å². The number of rotatable bonds is 8. The molecule has 0 unspecified atom stereocenters. The number of amides is 4. The van der Waals surface area contributed by atoms with E-state index in [1.807, 2.05) is 72.8 Å². The van der Waals surface area contributed by atoms with Crippen molar-refractivity contribution in [1.82, 2.24) is 16.0 Å². The summed E-state index contributed by atoms with van der Waals surface area (Å²) < 4.78 is 0. The van der Waals surface area contributed by atoms with Crippen LogP contribution in [0.25, 0.3) is 0 Å². The Morgan fingerprint density at radius 3 is 2.28 bits per heavy atom. The molecule has 0 aliphatic carbocycles. The number of fused-ring (bicyclic) bond motifs is 1. The fraction of sp³-hybridized carbons (Fsp3) is 0.267. The summed E-state index contributed by atoms with van der Waals surface area (Å²) >= 11 is 0. The quantitative estimate of drug-likeness (QED) is 0.360. The van der Waals surface area contributed by atoms with Gasteiger partial charge in [-0.25, -0.2) is 0 Å². The Bertz CT molecular complexity index is 1350. The van der Waals surface area contributed by atoms with E-state index in [1.54, 1.807) is 12.1 Å². The lowest BCUT2D eigenvalue weighted by Gasteiger charge is -2.29. The highest BCUT2D eigenvalue weighted by molar-refractivity contribution is 6.07. The molecule has 0 spiro atoms. The number of anilines is 2. The monoisotopic (exact) mass is 525 g/mol. The van der Waals surface area contributed by atoms with Crippen molar-refractivity contribution < 1.29 is 19.2 Å². The molecule has 0 radical (unpaired) electrons. The third-order valence-corrected chi connectivity index (χ3v) is 7.02. The Morgan fingerprint density at radius 2 is 1.56 bits per heavy atom. The summed E-state index contributed by atoms with van der Waals surface area (Å²) in [6.45, 7) is 0.222. The van der Waals surface area contributed by atoms with Gasteiger partial charge < -0.3 is 21.3 Å². The lowest BCUT2D eigenvalue weighted by Crippen LogP contribution is -2.56. The molecule has 3 aromatic carbocycles. The molecule has 5 rings (SSSR count). The molecule has 9 nitrogen and oxygen atoms in total. The van der Waals surface area contributed by atoms with Crippen LogP contribution < -0.4 is 26.2 Å². The van der Waals surface area contributed by atoms with Gasteiger partial charge in [0.2, 0.25) is 17.7 Å². The molecule has 1 saturated heterocycles. The smallest absolute Gasteiger partial charge is 0.252 e. The minimum absolute atomic E-state index is 0.193. The van der Waals surface area contributed by atoms with Gasteiger partial charge in [0.1, 0.15) is 18.6 Å². The van der Waals surface area contributed by atoms with Crippen LogP contribution in [0.5, 0.6) is 0 Å². The van der Waals surface area contributed by atoms with E-state index in [4.69, 9.17) is 0 Å². The average Bonchev–Trinajstić information content (AvgIpc) is 3.36. The largest absolute Gasteiger partial charge is 0.374 e. The van der Waals surface area contributed by atoms with Crippen molar-refractivity contribution in [3.05, 3.63) is 96.1 Å². The van der Waals surface area contributed by atoms with Gasteiger partial charge in [0.25, 0.3) is 5.91 Å². The van der Waals surface area contributed by atoms with Crippen LogP contribution in [0.3, 0.4) is 0 Å². The highest BCUT2D eigenvalue weighted by atomic mass is 16.2. The Morgan fingerprint density at radius 1 is 0.872 bits per heavy atom. The maximum Gasteiger partial charge on any atom is 0.252 e. The van der Waals surface area contributed by atoms with Crippen LogP contribution in [0, 0.1) is 0 Å². The first-order chi connectivity index (χ1) is 19.0. The van der Waals surface area contributed by atoms with Gasteiger partial charge in [-0.3, -0.25) is 24.1 Å². The molecule has 9 heteroatoms. The molecular weight excluding hydrogens is 494 g/mol. The SMILES string of the molecule is O=C(CN1C(=O)[C@@H](NC(=O)[C@@H]2CCC(=O)N2)[C@H](c2ccccc2)Nc2ccccc21)NCCc1ccccc1. The van der Waals surface area contributed by atoms with Gasteiger partial charge in [-0.05, 0) is 36.1 Å². The summed E-state index contributed by atoms with van der Waals surface area (Å²) in [6, 6.07) is 24.2. The second-order valence-corrected chi connectivity index (χ2v) is 9.70. The molecule has 4 N–H and O–H groups in total. The summed E-state index contributed by atoms with van der Waals surface area (Å²) in [5.41, 5.74) is 3.12. The van der Waals surface area contributed by atoms with Crippen LogP contribution in [0.2, 0.25) is 0 Å². The van der Waals surface area contributed by atoms with Crippen LogP contribution in [0.15, 0.2) is 84.9 Å². The first kappa shape index (κ1) is 26.0. The Kier molecular flexibility index (Phi) is 7.86. The van der Waals surface area contributed by atoms with Gasteiger partial charge in [-0.2, -0.15) is 0 Å². The van der Waals surface area contributed by atoms with Crippen molar-refractivity contribution in [3.8, 4) is 0 Å². The summed E-state index contributed by atoms with van der Waals surface area (Å²) in [7, 11) is 0. The maximum absolute atomic E-state index is 14.1. The van der Waals surface area contributed by atoms with E-state index in [-0.39, 0.29) is 24.8 Å². The van der Waals surface area contributed by atoms with E-state index < -0.39 is 29.9 Å². The second kappa shape index (κ2) is 11.8. The first-order valence-corrected chi connectivity index (χ1v) is 13.1. The lowest BCUT2D eigenvalue weighted by atomic mass is 9.97. The zero-order chi connectivity index (χ0) is 27.2. The fourth-order valence-electron chi connectivity index (χ4n) is 5.01. The zero-order valence-corrected chi connectivity index (χ0v) is 21.4. The van der Waals surface area contributed by atoms with Crippen molar-refractivity contribution in [2.45, 2.75) is 37.4 Å². The van der Waals surface area contributed by atoms with Crippen molar-refractivity contribution in [3.63, 3.8) is 0 Å². The van der Waals surface area contributed by atoms with E-state index in [1.165, 1.54) is 4.90 Å². The lowest BCUT2D eigenvalue weighted by molar-refractivity contribution is -0.130. The Balaban J connectivity index is 1.40. The fourth-order valence-corrected chi connectivity index (χ4v) is 5.01. The van der Waals surface area contributed by atoms with Crippen molar-refractivity contribution >= 4 is 35.0 Å². The molecule has 0 saturated carbocycles. The number of hydrogen-bond donors (Lipinski definition) is 4. The van der Waals surface area contributed by atoms with E-state index in [0.29, 0.717) is 30.8 Å². The minimum atomic E-state index is -1.03. The van der Waals surface area contributed by atoms with Crippen LogP contribution >= 0.6 is 0 Å². The number of carbonyl (C=O) groups excluding carboxylic acids is 4. The standard InChI is InChI=1S/C30H31N5O4/c36-25-16-15-23(32-25)29(38)34-28-27(21-11-5-2-6-12-21)33-22-13-7-8-14-24(22)35(30(28)39)19-26(37)31-18-17-20-9-3-1-4-10-20/h1-14,23,27-28,33H,15-19H2,(H,31,37)(H,32,36)(H,34,38)/t23-,27-,28-/m0/s1. The van der Waals surface area contributed by atoms with Gasteiger partial charge in [0, 0.05) is 13.0 Å². The highest BCUT2D eigenvalue weighted by Crippen LogP contribution is 2.35. The minimum Gasteiger partial charge on any atom is -0.374 e. The predicted molar refractivity (Wildman–Crippen MR) is 148 cm³/mol. The van der Waals surface area contributed by atoms with Crippen LogP contribution in [0.4, 0.5) is 11.4 Å². The molecule has 0 bridgehead atoms. The number of hydrogen-bond acceptors (Lipinski definition) is 5. The van der Waals surface area contributed by atoms with Crippen LogP contribution in [0.1, 0.15) is 30.0 Å². The normalized spacial score (nSPS) is 20.3. The zero-order valence-electron chi connectivity index (χ0n) is 21.4. The van der Waals surface area contributed by atoms with Gasteiger partial charge in [0.05, 0.1) is 17.4 Å². The van der Waals surface area contributed by atoms with Crippen LogP contribution in [-0.2, 0) is 25.6 Å². The number of nitrogens with one attached hydrogen (secondary N) is 4. The third-order valence-electron chi connectivity index (χ3n) is 7.02. The van der Waals surface area contributed by atoms with Crippen molar-refractivity contribution in [2.24, 2.45) is 0 Å².